The molecule has 6 heteroatoms. The van der Waals surface area contributed by atoms with Gasteiger partial charge in [0.05, 0.1) is 12.1 Å². The zero-order valence-corrected chi connectivity index (χ0v) is 17.8. The number of benzene rings is 2. The van der Waals surface area contributed by atoms with Crippen molar-refractivity contribution in [2.45, 2.75) is 58.0 Å². The van der Waals surface area contributed by atoms with E-state index in [4.69, 9.17) is 5.73 Å². The molecular formula is C24H30FN3O2. The Balaban J connectivity index is 1.97. The second-order valence-corrected chi connectivity index (χ2v) is 9.23. The van der Waals surface area contributed by atoms with Gasteiger partial charge in [0.25, 0.3) is 5.91 Å². The van der Waals surface area contributed by atoms with Gasteiger partial charge in [-0.2, -0.15) is 0 Å². The summed E-state index contributed by atoms with van der Waals surface area (Å²) < 4.78 is 13.5. The van der Waals surface area contributed by atoms with Gasteiger partial charge in [-0.1, -0.05) is 63.2 Å². The molecule has 3 atom stereocenters. The molecule has 0 aromatic heterocycles. The van der Waals surface area contributed by atoms with Gasteiger partial charge in [-0.05, 0) is 47.4 Å². The van der Waals surface area contributed by atoms with E-state index in [1.165, 1.54) is 17.1 Å². The van der Waals surface area contributed by atoms with Gasteiger partial charge in [0, 0.05) is 6.42 Å². The van der Waals surface area contributed by atoms with E-state index in [9.17, 15) is 14.0 Å². The molecule has 3 rings (SSSR count). The number of rotatable bonds is 4. The zero-order chi connectivity index (χ0) is 21.9. The highest BCUT2D eigenvalue weighted by molar-refractivity contribution is 5.86. The molecule has 5 nitrogen and oxygen atoms in total. The summed E-state index contributed by atoms with van der Waals surface area (Å²) in [5, 5.41) is 1.37. The Labute approximate surface area is 177 Å². The molecule has 2 aromatic carbocycles. The van der Waals surface area contributed by atoms with Crippen LogP contribution >= 0.6 is 0 Å². The lowest BCUT2D eigenvalue weighted by atomic mass is 9.86. The lowest BCUT2D eigenvalue weighted by Crippen LogP contribution is -2.53. The number of carbonyl (C=O) groups is 2. The van der Waals surface area contributed by atoms with Crippen molar-refractivity contribution in [1.29, 1.82) is 0 Å². The maximum absolute atomic E-state index is 13.5. The monoisotopic (exact) mass is 411 g/mol. The van der Waals surface area contributed by atoms with Crippen molar-refractivity contribution in [3.63, 3.8) is 0 Å². The van der Waals surface area contributed by atoms with Gasteiger partial charge in [0.2, 0.25) is 5.91 Å². The summed E-state index contributed by atoms with van der Waals surface area (Å²) >= 11 is 0. The number of hydrogen-bond acceptors (Lipinski definition) is 3. The Morgan fingerprint density at radius 3 is 2.30 bits per heavy atom. The number of hydrogen-bond donors (Lipinski definition) is 2. The average molecular weight is 412 g/mol. The molecule has 0 aliphatic carbocycles. The molecule has 1 heterocycles. The molecule has 1 aliphatic rings. The third-order valence-electron chi connectivity index (χ3n) is 5.37. The Morgan fingerprint density at radius 1 is 1.07 bits per heavy atom. The van der Waals surface area contributed by atoms with Gasteiger partial charge in [0.1, 0.15) is 5.82 Å². The fourth-order valence-electron chi connectivity index (χ4n) is 3.97. The molecule has 30 heavy (non-hydrogen) atoms. The van der Waals surface area contributed by atoms with Crippen LogP contribution < -0.4 is 11.2 Å². The Kier molecular flexibility index (Phi) is 6.56. The lowest BCUT2D eigenvalue weighted by Gasteiger charge is -2.33. The van der Waals surface area contributed by atoms with Crippen LogP contribution in [0.25, 0.3) is 0 Å². The summed E-state index contributed by atoms with van der Waals surface area (Å²) in [4.78, 5) is 25.9. The first kappa shape index (κ1) is 22.0. The molecule has 2 amide bonds. The Morgan fingerprint density at radius 2 is 1.70 bits per heavy atom. The maximum Gasteiger partial charge on any atom is 0.258 e. The van der Waals surface area contributed by atoms with Gasteiger partial charge >= 0.3 is 0 Å². The molecule has 1 aliphatic heterocycles. The first-order valence-corrected chi connectivity index (χ1v) is 10.3. The van der Waals surface area contributed by atoms with Crippen molar-refractivity contribution in [2.24, 2.45) is 11.1 Å². The number of amides is 2. The molecule has 1 saturated heterocycles. The molecule has 3 N–H and O–H groups in total. The van der Waals surface area contributed by atoms with E-state index in [1.54, 1.807) is 12.1 Å². The largest absolute Gasteiger partial charge is 0.320 e. The number of halogens is 1. The lowest BCUT2D eigenvalue weighted by molar-refractivity contribution is -0.145. The quantitative estimate of drug-likeness (QED) is 0.796. The average Bonchev–Trinajstić information content (AvgIpc) is 2.80. The fourth-order valence-corrected chi connectivity index (χ4v) is 3.97. The zero-order valence-electron chi connectivity index (χ0n) is 17.8. The normalized spacial score (nSPS) is 22.5. The molecule has 1 unspecified atom stereocenters. The molecular weight excluding hydrogens is 381 g/mol. The van der Waals surface area contributed by atoms with Crippen molar-refractivity contribution in [1.82, 2.24) is 10.4 Å². The van der Waals surface area contributed by atoms with Crippen LogP contribution in [-0.4, -0.2) is 22.9 Å². The highest BCUT2D eigenvalue weighted by Crippen LogP contribution is 2.38. The predicted molar refractivity (Wildman–Crippen MR) is 115 cm³/mol. The third kappa shape index (κ3) is 5.45. The number of hydrazine groups is 1. The first-order chi connectivity index (χ1) is 14.1. The maximum atomic E-state index is 13.5. The summed E-state index contributed by atoms with van der Waals surface area (Å²) in [6.07, 6.45) is 1.32. The Bertz CT molecular complexity index is 878. The van der Waals surface area contributed by atoms with E-state index in [1.807, 2.05) is 51.1 Å². The molecule has 0 saturated carbocycles. The highest BCUT2D eigenvalue weighted by atomic mass is 19.1. The predicted octanol–water partition coefficient (Wildman–Crippen LogP) is 4.07. The molecule has 0 radical (unpaired) electrons. The minimum absolute atomic E-state index is 0.0321. The van der Waals surface area contributed by atoms with Crippen LogP contribution in [0.5, 0.6) is 0 Å². The minimum Gasteiger partial charge on any atom is -0.320 e. The highest BCUT2D eigenvalue weighted by Gasteiger charge is 2.38. The molecule has 1 fully saturated rings. The van der Waals surface area contributed by atoms with E-state index in [-0.39, 0.29) is 35.4 Å². The van der Waals surface area contributed by atoms with Crippen LogP contribution in [0.1, 0.15) is 63.1 Å². The van der Waals surface area contributed by atoms with E-state index in [0.717, 1.165) is 11.1 Å². The van der Waals surface area contributed by atoms with Gasteiger partial charge in [-0.25, -0.2) is 9.40 Å². The number of carbonyl (C=O) groups excluding carboxylic acids is 2. The van der Waals surface area contributed by atoms with E-state index < -0.39 is 12.1 Å². The van der Waals surface area contributed by atoms with Crippen molar-refractivity contribution in [2.75, 3.05) is 0 Å². The Hall–Kier alpha value is -2.73. The van der Waals surface area contributed by atoms with E-state index in [2.05, 4.69) is 5.43 Å². The standard InChI is InChI=1S/C24H30FN3O2/c1-24(2,3)15-22(29)27-28-21(17-9-11-19(25)12-10-17)14-18(13-20(26)23(28)30)16-7-5-4-6-8-16/h4-12,18,20-21H,13-15,26H2,1-3H3,(H,27,29)/t18-,20+,21?/m0/s1. The third-order valence-corrected chi connectivity index (χ3v) is 5.37. The molecule has 0 spiro atoms. The van der Waals surface area contributed by atoms with Gasteiger partial charge in [-0.3, -0.25) is 15.0 Å². The first-order valence-electron chi connectivity index (χ1n) is 10.3. The van der Waals surface area contributed by atoms with Crippen LogP contribution in [0.2, 0.25) is 0 Å². The van der Waals surface area contributed by atoms with Crippen LogP contribution in [0, 0.1) is 11.2 Å². The molecule has 160 valence electrons. The smallest absolute Gasteiger partial charge is 0.258 e. The second kappa shape index (κ2) is 8.96. The topological polar surface area (TPSA) is 75.4 Å². The van der Waals surface area contributed by atoms with Gasteiger partial charge in [-0.15, -0.1) is 0 Å². The number of nitrogens with one attached hydrogen (secondary N) is 1. The SMILES string of the molecule is CC(C)(C)CC(=O)NN1C(=O)[C@H](N)C[C@H](c2ccccc2)CC1c1ccc(F)cc1. The molecule has 2 aromatic rings. The van der Waals surface area contributed by atoms with Crippen molar-refractivity contribution in [3.8, 4) is 0 Å². The van der Waals surface area contributed by atoms with E-state index in [0.29, 0.717) is 12.8 Å². The fraction of sp³-hybridized carbons (Fsp3) is 0.417. The van der Waals surface area contributed by atoms with Crippen LogP contribution in [-0.2, 0) is 9.59 Å². The van der Waals surface area contributed by atoms with Gasteiger partial charge in [0.15, 0.2) is 0 Å². The summed E-state index contributed by atoms with van der Waals surface area (Å²) in [5.74, 6) is -0.888. The summed E-state index contributed by atoms with van der Waals surface area (Å²) in [5.41, 5.74) is 10.7. The minimum atomic E-state index is -0.740. The van der Waals surface area contributed by atoms with Crippen molar-refractivity contribution < 1.29 is 14.0 Å². The van der Waals surface area contributed by atoms with Crippen molar-refractivity contribution >= 4 is 11.8 Å². The molecule has 0 bridgehead atoms. The van der Waals surface area contributed by atoms with E-state index >= 15 is 0 Å². The van der Waals surface area contributed by atoms with Crippen LogP contribution in [0.4, 0.5) is 4.39 Å². The summed E-state index contributed by atoms with van der Waals surface area (Å²) in [7, 11) is 0. The van der Waals surface area contributed by atoms with Crippen molar-refractivity contribution in [3.05, 3.63) is 71.5 Å². The summed E-state index contributed by atoms with van der Waals surface area (Å²) in [6, 6.07) is 14.8. The summed E-state index contributed by atoms with van der Waals surface area (Å²) in [6.45, 7) is 5.89. The van der Waals surface area contributed by atoms with Crippen LogP contribution in [0.3, 0.4) is 0 Å². The van der Waals surface area contributed by atoms with Crippen LogP contribution in [0.15, 0.2) is 54.6 Å². The van der Waals surface area contributed by atoms with Gasteiger partial charge < -0.3 is 5.73 Å². The number of nitrogens with zero attached hydrogens (tertiary/aromatic N) is 1. The second-order valence-electron chi connectivity index (χ2n) is 9.23. The number of nitrogens with two attached hydrogens (primary N) is 1.